The summed E-state index contributed by atoms with van der Waals surface area (Å²) in [4.78, 5) is 20.6. The molecule has 1 aliphatic heterocycles. The molecule has 0 aromatic carbocycles. The summed E-state index contributed by atoms with van der Waals surface area (Å²) in [7, 11) is 0. The Morgan fingerprint density at radius 2 is 2.20 bits per heavy atom. The maximum Gasteiger partial charge on any atom is 0.276 e. The fraction of sp³-hybridized carbons (Fsp3) is 0.462. The molecule has 1 amide bonds. The van der Waals surface area contributed by atoms with E-state index in [0.29, 0.717) is 11.5 Å². The maximum absolute atomic E-state index is 12.2. The highest BCUT2D eigenvalue weighted by atomic mass is 32.1. The van der Waals surface area contributed by atoms with Gasteiger partial charge in [0.15, 0.2) is 5.69 Å². The Morgan fingerprint density at radius 3 is 2.80 bits per heavy atom. The van der Waals surface area contributed by atoms with Gasteiger partial charge in [-0.05, 0) is 6.92 Å². The summed E-state index contributed by atoms with van der Waals surface area (Å²) in [5, 5.41) is 5.85. The van der Waals surface area contributed by atoms with Crippen LogP contribution in [0.2, 0.25) is 0 Å². The molecule has 3 rings (SSSR count). The van der Waals surface area contributed by atoms with E-state index in [-0.39, 0.29) is 5.91 Å². The van der Waals surface area contributed by atoms with E-state index >= 15 is 0 Å². The number of rotatable bonds is 3. The number of aromatic nitrogens is 2. The lowest BCUT2D eigenvalue weighted by Crippen LogP contribution is -2.48. The van der Waals surface area contributed by atoms with Crippen LogP contribution in [0.3, 0.4) is 0 Å². The zero-order chi connectivity index (χ0) is 13.9. The molecule has 0 radical (unpaired) electrons. The maximum atomic E-state index is 12.2. The molecule has 0 spiro atoms. The molecule has 106 valence electrons. The van der Waals surface area contributed by atoms with E-state index in [9.17, 15) is 4.79 Å². The van der Waals surface area contributed by atoms with Crippen molar-refractivity contribution in [1.29, 1.82) is 0 Å². The van der Waals surface area contributed by atoms with Crippen LogP contribution in [0.1, 0.15) is 21.9 Å². The lowest BCUT2D eigenvalue weighted by atomic mass is 10.2. The van der Waals surface area contributed by atoms with E-state index in [0.717, 1.165) is 38.4 Å². The van der Waals surface area contributed by atoms with Crippen LogP contribution in [-0.4, -0.2) is 52.0 Å². The highest BCUT2D eigenvalue weighted by Gasteiger charge is 2.24. The Bertz CT molecular complexity index is 573. The van der Waals surface area contributed by atoms with Crippen molar-refractivity contribution in [1.82, 2.24) is 19.9 Å². The predicted molar refractivity (Wildman–Crippen MR) is 74.5 cm³/mol. The summed E-state index contributed by atoms with van der Waals surface area (Å²) in [5.74, 6) is 0.616. The second-order valence-electron chi connectivity index (χ2n) is 4.87. The van der Waals surface area contributed by atoms with Gasteiger partial charge in [0.25, 0.3) is 5.91 Å². The molecule has 0 atom stereocenters. The quantitative estimate of drug-likeness (QED) is 0.855. The Balaban J connectivity index is 1.54. The summed E-state index contributed by atoms with van der Waals surface area (Å²) in [5.41, 5.74) is 3.35. The Morgan fingerprint density at radius 1 is 1.40 bits per heavy atom. The van der Waals surface area contributed by atoms with Gasteiger partial charge in [0.1, 0.15) is 5.76 Å². The molecule has 0 saturated carbocycles. The van der Waals surface area contributed by atoms with E-state index in [4.69, 9.17) is 4.52 Å². The number of thiazole rings is 1. The Kier molecular flexibility index (Phi) is 3.79. The number of aryl methyl sites for hydroxylation is 1. The Hall–Kier alpha value is -1.73. The van der Waals surface area contributed by atoms with Gasteiger partial charge < -0.3 is 9.42 Å². The van der Waals surface area contributed by atoms with Gasteiger partial charge in [-0.25, -0.2) is 4.98 Å². The van der Waals surface area contributed by atoms with Crippen LogP contribution in [0.4, 0.5) is 0 Å². The van der Waals surface area contributed by atoms with Crippen molar-refractivity contribution >= 4 is 17.2 Å². The number of carbonyl (C=O) groups is 1. The van der Waals surface area contributed by atoms with Crippen molar-refractivity contribution in [2.45, 2.75) is 13.5 Å². The van der Waals surface area contributed by atoms with Gasteiger partial charge in [-0.2, -0.15) is 0 Å². The molecule has 6 nitrogen and oxygen atoms in total. The largest absolute Gasteiger partial charge is 0.361 e. The lowest BCUT2D eigenvalue weighted by molar-refractivity contribution is 0.0617. The predicted octanol–water partition coefficient (Wildman–Crippen LogP) is 1.40. The normalized spacial score (nSPS) is 16.6. The van der Waals surface area contributed by atoms with Crippen LogP contribution in [0.5, 0.6) is 0 Å². The molecule has 0 N–H and O–H groups in total. The van der Waals surface area contributed by atoms with E-state index in [1.807, 2.05) is 10.4 Å². The van der Waals surface area contributed by atoms with E-state index < -0.39 is 0 Å². The molecule has 2 aromatic rings. The van der Waals surface area contributed by atoms with Gasteiger partial charge >= 0.3 is 0 Å². The third-order valence-electron chi connectivity index (χ3n) is 3.38. The van der Waals surface area contributed by atoms with E-state index in [2.05, 4.69) is 20.4 Å². The van der Waals surface area contributed by atoms with Gasteiger partial charge in [-0.15, -0.1) is 11.3 Å². The van der Waals surface area contributed by atoms with Crippen molar-refractivity contribution in [2.75, 3.05) is 26.2 Å². The van der Waals surface area contributed by atoms with E-state index in [1.165, 1.54) is 0 Å². The van der Waals surface area contributed by atoms with Gasteiger partial charge in [-0.3, -0.25) is 9.69 Å². The molecule has 1 saturated heterocycles. The first-order valence-corrected chi connectivity index (χ1v) is 7.48. The molecule has 7 heteroatoms. The smallest absolute Gasteiger partial charge is 0.276 e. The average Bonchev–Trinajstić information content (AvgIpc) is 3.10. The minimum atomic E-state index is -0.0461. The van der Waals surface area contributed by atoms with Crippen LogP contribution in [0.25, 0.3) is 0 Å². The molecule has 20 heavy (non-hydrogen) atoms. The number of nitrogens with zero attached hydrogens (tertiary/aromatic N) is 4. The summed E-state index contributed by atoms with van der Waals surface area (Å²) in [6.45, 7) is 5.80. The first-order valence-electron chi connectivity index (χ1n) is 6.54. The summed E-state index contributed by atoms with van der Waals surface area (Å²) in [6.07, 6.45) is 0. The zero-order valence-electron chi connectivity index (χ0n) is 11.3. The fourth-order valence-corrected chi connectivity index (χ4v) is 2.83. The minimum Gasteiger partial charge on any atom is -0.361 e. The molecule has 1 fully saturated rings. The third kappa shape index (κ3) is 2.88. The SMILES string of the molecule is Cc1cc(C(=O)N2CCN(Cc3cscn3)CC2)no1. The minimum absolute atomic E-state index is 0.0461. The van der Waals surface area contributed by atoms with Gasteiger partial charge in [0.2, 0.25) is 0 Å². The molecule has 0 unspecified atom stereocenters. The van der Waals surface area contributed by atoms with Crippen LogP contribution >= 0.6 is 11.3 Å². The lowest BCUT2D eigenvalue weighted by Gasteiger charge is -2.33. The van der Waals surface area contributed by atoms with Gasteiger partial charge in [0, 0.05) is 44.2 Å². The number of piperazine rings is 1. The van der Waals surface area contributed by atoms with Crippen molar-refractivity contribution in [2.24, 2.45) is 0 Å². The molecule has 3 heterocycles. The molecule has 0 aliphatic carbocycles. The number of amides is 1. The van der Waals surface area contributed by atoms with Crippen molar-refractivity contribution < 1.29 is 9.32 Å². The van der Waals surface area contributed by atoms with Crippen LogP contribution in [0, 0.1) is 6.92 Å². The first kappa shape index (κ1) is 13.3. The van der Waals surface area contributed by atoms with Crippen LogP contribution < -0.4 is 0 Å². The highest BCUT2D eigenvalue weighted by Crippen LogP contribution is 2.12. The monoisotopic (exact) mass is 292 g/mol. The molecule has 1 aliphatic rings. The molecular formula is C13H16N4O2S. The third-order valence-corrected chi connectivity index (χ3v) is 4.01. The summed E-state index contributed by atoms with van der Waals surface area (Å²) >= 11 is 1.61. The van der Waals surface area contributed by atoms with Crippen LogP contribution in [0.15, 0.2) is 21.5 Å². The van der Waals surface area contributed by atoms with Crippen LogP contribution in [-0.2, 0) is 6.54 Å². The second-order valence-corrected chi connectivity index (χ2v) is 5.59. The highest BCUT2D eigenvalue weighted by molar-refractivity contribution is 7.07. The first-order chi connectivity index (χ1) is 9.72. The zero-order valence-corrected chi connectivity index (χ0v) is 12.1. The van der Waals surface area contributed by atoms with E-state index in [1.54, 1.807) is 24.3 Å². The van der Waals surface area contributed by atoms with Crippen molar-refractivity contribution in [3.8, 4) is 0 Å². The summed E-state index contributed by atoms with van der Waals surface area (Å²) < 4.78 is 4.95. The number of hydrogen-bond acceptors (Lipinski definition) is 6. The summed E-state index contributed by atoms with van der Waals surface area (Å²) in [6, 6.07) is 1.68. The molecule has 0 bridgehead atoms. The van der Waals surface area contributed by atoms with Crippen molar-refractivity contribution in [3.05, 3.63) is 34.1 Å². The van der Waals surface area contributed by atoms with Gasteiger partial charge in [-0.1, -0.05) is 5.16 Å². The molecular weight excluding hydrogens is 276 g/mol. The fourth-order valence-electron chi connectivity index (χ4n) is 2.28. The number of carbonyl (C=O) groups excluding carboxylic acids is 1. The average molecular weight is 292 g/mol. The van der Waals surface area contributed by atoms with Crippen molar-refractivity contribution in [3.63, 3.8) is 0 Å². The number of hydrogen-bond donors (Lipinski definition) is 0. The second kappa shape index (κ2) is 5.72. The topological polar surface area (TPSA) is 62.5 Å². The Labute approximate surface area is 121 Å². The van der Waals surface area contributed by atoms with Gasteiger partial charge in [0.05, 0.1) is 11.2 Å². The molecule has 2 aromatic heterocycles. The standard InChI is InChI=1S/C13H16N4O2S/c1-10-6-12(15-19-10)13(18)17-4-2-16(3-5-17)7-11-8-20-9-14-11/h6,8-9H,2-5,7H2,1H3.